The molecule has 5 rings (SSSR count). The first-order valence-corrected chi connectivity index (χ1v) is 11.4. The van der Waals surface area contributed by atoms with Gasteiger partial charge in [-0.2, -0.15) is 0 Å². The van der Waals surface area contributed by atoms with Crippen LogP contribution < -0.4 is 14.2 Å². The van der Waals surface area contributed by atoms with Gasteiger partial charge < -0.3 is 24.2 Å². The Kier molecular flexibility index (Phi) is 5.70. The fraction of sp³-hybridized carbons (Fsp3) is 0.385. The number of likely N-dealkylation sites (tertiary alicyclic amines) is 1. The lowest BCUT2D eigenvalue weighted by molar-refractivity contribution is -0.141. The largest absolute Gasteiger partial charge is 0.507 e. The summed E-state index contributed by atoms with van der Waals surface area (Å²) in [6.45, 7) is 0.869. The molecule has 0 spiro atoms. The van der Waals surface area contributed by atoms with Crippen molar-refractivity contribution in [3.63, 3.8) is 0 Å². The summed E-state index contributed by atoms with van der Waals surface area (Å²) in [5.41, 5.74) is 1.24. The summed E-state index contributed by atoms with van der Waals surface area (Å²) in [6.07, 6.45) is 4.85. The number of carbonyl (C=O) groups excluding carboxylic acids is 2. The number of hydrogen-bond acceptors (Lipinski definition) is 6. The fourth-order valence-electron chi connectivity index (χ4n) is 5.07. The Hall–Kier alpha value is -3.48. The summed E-state index contributed by atoms with van der Waals surface area (Å²) in [5.74, 6) is 0.279. The zero-order valence-corrected chi connectivity index (χ0v) is 18.6. The van der Waals surface area contributed by atoms with E-state index < -0.39 is 17.7 Å². The smallest absolute Gasteiger partial charge is 0.295 e. The van der Waals surface area contributed by atoms with E-state index >= 15 is 0 Å². The number of aliphatic hydroxyl groups is 1. The number of hydrogen-bond donors (Lipinski definition) is 1. The quantitative estimate of drug-likeness (QED) is 0.427. The van der Waals surface area contributed by atoms with Crippen LogP contribution in [0.1, 0.15) is 49.3 Å². The van der Waals surface area contributed by atoms with Crippen LogP contribution in [0.15, 0.2) is 48.0 Å². The maximum Gasteiger partial charge on any atom is 0.295 e. The van der Waals surface area contributed by atoms with Gasteiger partial charge in [-0.3, -0.25) is 9.59 Å². The lowest BCUT2D eigenvalue weighted by Crippen LogP contribution is -2.40. The van der Waals surface area contributed by atoms with Crippen molar-refractivity contribution in [1.29, 1.82) is 0 Å². The minimum atomic E-state index is -0.684. The zero-order valence-electron chi connectivity index (χ0n) is 18.6. The fourth-order valence-corrected chi connectivity index (χ4v) is 5.07. The minimum absolute atomic E-state index is 0.0445. The topological polar surface area (TPSA) is 85.3 Å². The highest BCUT2D eigenvalue weighted by atomic mass is 16.6. The summed E-state index contributed by atoms with van der Waals surface area (Å²) >= 11 is 0. The van der Waals surface area contributed by atoms with Crippen LogP contribution in [-0.2, 0) is 9.59 Å². The van der Waals surface area contributed by atoms with Gasteiger partial charge >= 0.3 is 0 Å². The molecule has 1 amide bonds. The molecule has 3 aliphatic rings. The molecule has 2 aliphatic heterocycles. The van der Waals surface area contributed by atoms with Crippen molar-refractivity contribution in [3.05, 3.63) is 59.2 Å². The third-order valence-electron chi connectivity index (χ3n) is 6.67. The van der Waals surface area contributed by atoms with E-state index in [1.165, 1.54) is 0 Å². The van der Waals surface area contributed by atoms with Crippen LogP contribution in [0.3, 0.4) is 0 Å². The van der Waals surface area contributed by atoms with Crippen LogP contribution in [0, 0.1) is 0 Å². The van der Waals surface area contributed by atoms with Gasteiger partial charge in [0.05, 0.1) is 18.7 Å². The molecule has 1 saturated carbocycles. The Labute approximate surface area is 192 Å². The van der Waals surface area contributed by atoms with Gasteiger partial charge in [0.15, 0.2) is 11.5 Å². The molecule has 1 unspecified atom stereocenters. The van der Waals surface area contributed by atoms with Crippen molar-refractivity contribution >= 4 is 17.4 Å². The van der Waals surface area contributed by atoms with E-state index in [9.17, 15) is 14.7 Å². The first-order chi connectivity index (χ1) is 16.1. The highest BCUT2D eigenvalue weighted by Gasteiger charge is 2.49. The third kappa shape index (κ3) is 3.81. The molecule has 33 heavy (non-hydrogen) atoms. The number of methoxy groups -OCH3 is 1. The van der Waals surface area contributed by atoms with Crippen LogP contribution >= 0.6 is 0 Å². The Balaban J connectivity index is 1.64. The van der Waals surface area contributed by atoms with E-state index in [1.54, 1.807) is 30.2 Å². The molecule has 1 saturated heterocycles. The Morgan fingerprint density at radius 2 is 1.76 bits per heavy atom. The van der Waals surface area contributed by atoms with Crippen molar-refractivity contribution < 1.29 is 28.9 Å². The van der Waals surface area contributed by atoms with Crippen molar-refractivity contribution in [3.8, 4) is 17.2 Å². The number of aliphatic hydroxyl groups excluding tert-OH is 1. The number of ketones is 1. The molecule has 1 atom stereocenters. The predicted octanol–water partition coefficient (Wildman–Crippen LogP) is 4.22. The van der Waals surface area contributed by atoms with Crippen LogP contribution in [0.25, 0.3) is 5.76 Å². The van der Waals surface area contributed by atoms with Gasteiger partial charge in [0.25, 0.3) is 11.7 Å². The second kappa shape index (κ2) is 8.81. The van der Waals surface area contributed by atoms with Gasteiger partial charge in [-0.1, -0.05) is 31.4 Å². The molecule has 0 bridgehead atoms. The number of nitrogens with zero attached hydrogens (tertiary/aromatic N) is 1. The first kappa shape index (κ1) is 21.4. The van der Waals surface area contributed by atoms with Gasteiger partial charge in [-0.05, 0) is 48.7 Å². The molecule has 0 aromatic heterocycles. The van der Waals surface area contributed by atoms with E-state index in [1.807, 2.05) is 24.3 Å². The summed E-state index contributed by atoms with van der Waals surface area (Å²) in [6, 6.07) is 11.7. The number of ether oxygens (including phenoxy) is 3. The van der Waals surface area contributed by atoms with Crippen LogP contribution in [0.4, 0.5) is 0 Å². The summed E-state index contributed by atoms with van der Waals surface area (Å²) in [4.78, 5) is 28.3. The molecule has 7 nitrogen and oxygen atoms in total. The maximum atomic E-state index is 13.3. The van der Waals surface area contributed by atoms with E-state index in [-0.39, 0.29) is 17.4 Å². The second-order valence-electron chi connectivity index (χ2n) is 8.63. The van der Waals surface area contributed by atoms with Crippen molar-refractivity contribution in [2.75, 3.05) is 20.3 Å². The lowest BCUT2D eigenvalue weighted by Gasteiger charge is -2.35. The van der Waals surface area contributed by atoms with E-state index in [2.05, 4.69) is 0 Å². The predicted molar refractivity (Wildman–Crippen MR) is 121 cm³/mol. The molecule has 2 fully saturated rings. The number of Topliss-reactive ketones (excluding diaryl/α,β-unsaturated/α-hetero) is 1. The number of benzene rings is 2. The SMILES string of the molecule is COc1cccc(C2/C(=C(/O)c3ccc4c(c3)OCCO4)C(=O)C(=O)N2C2CCCCC2)c1. The highest BCUT2D eigenvalue weighted by molar-refractivity contribution is 6.46. The lowest BCUT2D eigenvalue weighted by atomic mass is 9.91. The molecule has 0 radical (unpaired) electrons. The molecule has 1 aliphatic carbocycles. The number of amides is 1. The average Bonchev–Trinajstić information content (AvgIpc) is 3.14. The minimum Gasteiger partial charge on any atom is -0.507 e. The van der Waals surface area contributed by atoms with Crippen LogP contribution in [-0.4, -0.2) is 48.1 Å². The molecule has 172 valence electrons. The normalized spacial score (nSPS) is 22.5. The van der Waals surface area contributed by atoms with Crippen LogP contribution in [0.5, 0.6) is 17.2 Å². The molecular weight excluding hydrogens is 422 g/mol. The van der Waals surface area contributed by atoms with E-state index in [0.29, 0.717) is 36.0 Å². The molecule has 7 heteroatoms. The van der Waals surface area contributed by atoms with Crippen molar-refractivity contribution in [1.82, 2.24) is 4.90 Å². The molecule has 2 aromatic carbocycles. The van der Waals surface area contributed by atoms with Gasteiger partial charge in [0.2, 0.25) is 0 Å². The van der Waals surface area contributed by atoms with Gasteiger partial charge in [-0.25, -0.2) is 0 Å². The standard InChI is InChI=1S/C26H27NO6/c1-31-19-9-5-6-16(14-19)23-22(25(29)26(30)27(23)18-7-3-2-4-8-18)24(28)17-10-11-20-21(15-17)33-13-12-32-20/h5-6,9-11,14-15,18,23,28H,2-4,7-8,12-13H2,1H3/b24-22-. The maximum absolute atomic E-state index is 13.3. The number of carbonyl (C=O) groups is 2. The number of rotatable bonds is 4. The summed E-state index contributed by atoms with van der Waals surface area (Å²) in [5, 5.41) is 11.3. The first-order valence-electron chi connectivity index (χ1n) is 11.4. The van der Waals surface area contributed by atoms with Crippen molar-refractivity contribution in [2.45, 2.75) is 44.2 Å². The van der Waals surface area contributed by atoms with Gasteiger partial charge in [-0.15, -0.1) is 0 Å². The van der Waals surface area contributed by atoms with E-state index in [4.69, 9.17) is 14.2 Å². The van der Waals surface area contributed by atoms with Crippen LogP contribution in [0.2, 0.25) is 0 Å². The van der Waals surface area contributed by atoms with Gasteiger partial charge in [0.1, 0.15) is 24.7 Å². The zero-order chi connectivity index (χ0) is 22.9. The third-order valence-corrected chi connectivity index (χ3v) is 6.67. The number of fused-ring (bicyclic) bond motifs is 1. The Morgan fingerprint density at radius 1 is 1.00 bits per heavy atom. The molecule has 2 aromatic rings. The van der Waals surface area contributed by atoms with Crippen molar-refractivity contribution in [2.24, 2.45) is 0 Å². The monoisotopic (exact) mass is 449 g/mol. The summed E-state index contributed by atoms with van der Waals surface area (Å²) < 4.78 is 16.6. The Morgan fingerprint density at radius 3 is 2.52 bits per heavy atom. The molecule has 2 heterocycles. The second-order valence-corrected chi connectivity index (χ2v) is 8.63. The average molecular weight is 450 g/mol. The molecular formula is C26H27NO6. The summed E-state index contributed by atoms with van der Waals surface area (Å²) in [7, 11) is 1.58. The van der Waals surface area contributed by atoms with Gasteiger partial charge in [0, 0.05) is 11.6 Å². The molecule has 1 N–H and O–H groups in total. The van der Waals surface area contributed by atoms with E-state index in [0.717, 1.165) is 37.7 Å². The Bertz CT molecular complexity index is 1120. The highest BCUT2D eigenvalue weighted by Crippen LogP contribution is 2.44.